The van der Waals surface area contributed by atoms with Gasteiger partial charge in [0, 0.05) is 25.0 Å². The van der Waals surface area contributed by atoms with Gasteiger partial charge in [-0.15, -0.1) is 0 Å². The van der Waals surface area contributed by atoms with Gasteiger partial charge in [0.15, 0.2) is 11.5 Å². The molecule has 1 N–H and O–H groups in total. The van der Waals surface area contributed by atoms with Crippen LogP contribution in [0.2, 0.25) is 0 Å². The van der Waals surface area contributed by atoms with Crippen LogP contribution in [0, 0.1) is 0 Å². The Morgan fingerprint density at radius 3 is 2.41 bits per heavy atom. The molecule has 0 aliphatic carbocycles. The normalized spacial score (nSPS) is 16.1. The molecule has 0 saturated carbocycles. The van der Waals surface area contributed by atoms with Crippen molar-refractivity contribution < 1.29 is 24.1 Å². The number of benzene rings is 2. The number of aromatic hydroxyl groups is 1. The SMILES string of the molecule is COc1ccc(C2=NN(C(C)=O)[C@H](c3ccc(OC)c(O)c3)C2)c(OC)c1. The van der Waals surface area contributed by atoms with E-state index in [0.29, 0.717) is 23.7 Å². The lowest BCUT2D eigenvalue weighted by Crippen LogP contribution is -2.24. The topological polar surface area (TPSA) is 80.6 Å². The van der Waals surface area contributed by atoms with Crippen LogP contribution in [0.3, 0.4) is 0 Å². The number of phenolic OH excluding ortho intramolecular Hbond substituents is 1. The summed E-state index contributed by atoms with van der Waals surface area (Å²) in [5.74, 6) is 1.51. The van der Waals surface area contributed by atoms with Gasteiger partial charge in [-0.1, -0.05) is 6.07 Å². The highest BCUT2D eigenvalue weighted by molar-refractivity contribution is 6.05. The van der Waals surface area contributed by atoms with Crippen LogP contribution < -0.4 is 14.2 Å². The Hall–Kier alpha value is -3.22. The molecule has 1 amide bonds. The van der Waals surface area contributed by atoms with Crippen molar-refractivity contribution in [3.8, 4) is 23.0 Å². The van der Waals surface area contributed by atoms with Crippen LogP contribution in [0.1, 0.15) is 30.5 Å². The molecule has 2 aromatic rings. The Kier molecular flexibility index (Phi) is 5.21. The standard InChI is InChI=1S/C20H22N2O5/c1-12(23)22-17(13-5-8-19(26-3)18(24)9-13)11-16(21-22)15-7-6-14(25-2)10-20(15)27-4/h5-10,17,24H,11H2,1-4H3/t17-/m0/s1. The molecule has 7 heteroatoms. The summed E-state index contributed by atoms with van der Waals surface area (Å²) >= 11 is 0. The maximum Gasteiger partial charge on any atom is 0.240 e. The van der Waals surface area contributed by atoms with Crippen molar-refractivity contribution in [3.05, 3.63) is 47.5 Å². The lowest BCUT2D eigenvalue weighted by Gasteiger charge is -2.21. The number of nitrogens with zero attached hydrogens (tertiary/aromatic N) is 2. The average molecular weight is 370 g/mol. The van der Waals surface area contributed by atoms with Crippen LogP contribution >= 0.6 is 0 Å². The molecule has 0 bridgehead atoms. The first-order chi connectivity index (χ1) is 13.0. The van der Waals surface area contributed by atoms with Gasteiger partial charge >= 0.3 is 0 Å². The summed E-state index contributed by atoms with van der Waals surface area (Å²) in [7, 11) is 4.66. The van der Waals surface area contributed by atoms with E-state index in [4.69, 9.17) is 14.2 Å². The van der Waals surface area contributed by atoms with Gasteiger partial charge in [0.05, 0.1) is 33.1 Å². The number of hydrogen-bond acceptors (Lipinski definition) is 6. The first kappa shape index (κ1) is 18.6. The summed E-state index contributed by atoms with van der Waals surface area (Å²) < 4.78 is 15.8. The lowest BCUT2D eigenvalue weighted by molar-refractivity contribution is -0.130. The van der Waals surface area contributed by atoms with E-state index in [1.807, 2.05) is 18.2 Å². The summed E-state index contributed by atoms with van der Waals surface area (Å²) in [5, 5.41) is 16.0. The largest absolute Gasteiger partial charge is 0.504 e. The van der Waals surface area contributed by atoms with Crippen molar-refractivity contribution in [2.45, 2.75) is 19.4 Å². The van der Waals surface area contributed by atoms with Gasteiger partial charge in [0.1, 0.15) is 11.5 Å². The number of hydrogen-bond donors (Lipinski definition) is 1. The molecule has 7 nitrogen and oxygen atoms in total. The van der Waals surface area contributed by atoms with Gasteiger partial charge in [-0.3, -0.25) is 4.79 Å². The van der Waals surface area contributed by atoms with E-state index in [9.17, 15) is 9.90 Å². The number of rotatable bonds is 5. The molecule has 142 valence electrons. The van der Waals surface area contributed by atoms with Crippen molar-refractivity contribution >= 4 is 11.6 Å². The summed E-state index contributed by atoms with van der Waals surface area (Å²) in [6, 6.07) is 10.2. The summed E-state index contributed by atoms with van der Waals surface area (Å²) in [4.78, 5) is 12.1. The van der Waals surface area contributed by atoms with Gasteiger partial charge in [0.25, 0.3) is 0 Å². The number of phenols is 1. The van der Waals surface area contributed by atoms with E-state index in [2.05, 4.69) is 5.10 Å². The second kappa shape index (κ2) is 7.57. The summed E-state index contributed by atoms with van der Waals surface area (Å²) in [5.41, 5.74) is 2.30. The van der Waals surface area contributed by atoms with Crippen molar-refractivity contribution in [2.24, 2.45) is 5.10 Å². The van der Waals surface area contributed by atoms with Crippen LogP contribution in [0.4, 0.5) is 0 Å². The highest BCUT2D eigenvalue weighted by atomic mass is 16.5. The first-order valence-electron chi connectivity index (χ1n) is 8.45. The number of methoxy groups -OCH3 is 3. The molecule has 3 rings (SSSR count). The summed E-state index contributed by atoms with van der Waals surface area (Å²) in [6.45, 7) is 1.47. The molecule has 0 saturated heterocycles. The Morgan fingerprint density at radius 2 is 1.81 bits per heavy atom. The predicted octanol–water partition coefficient (Wildman–Crippen LogP) is 3.12. The third kappa shape index (κ3) is 3.53. The Balaban J connectivity index is 1.98. The monoisotopic (exact) mass is 370 g/mol. The van der Waals surface area contributed by atoms with Crippen LogP contribution in [-0.4, -0.2) is 43.1 Å². The molecule has 1 aliphatic heterocycles. The van der Waals surface area contributed by atoms with E-state index >= 15 is 0 Å². The highest BCUT2D eigenvalue weighted by Gasteiger charge is 2.33. The molecule has 0 radical (unpaired) electrons. The predicted molar refractivity (Wildman–Crippen MR) is 101 cm³/mol. The van der Waals surface area contributed by atoms with Gasteiger partial charge in [-0.25, -0.2) is 5.01 Å². The third-order valence-corrected chi connectivity index (χ3v) is 4.54. The highest BCUT2D eigenvalue weighted by Crippen LogP contribution is 2.38. The fraction of sp³-hybridized carbons (Fsp3) is 0.300. The molecule has 0 fully saturated rings. The number of ether oxygens (including phenoxy) is 3. The van der Waals surface area contributed by atoms with E-state index in [1.54, 1.807) is 32.4 Å². The molecule has 27 heavy (non-hydrogen) atoms. The maximum absolute atomic E-state index is 12.1. The average Bonchev–Trinajstić information content (AvgIpc) is 3.12. The molecule has 1 heterocycles. The molecule has 0 spiro atoms. The number of carbonyl (C=O) groups is 1. The van der Waals surface area contributed by atoms with Crippen LogP contribution in [-0.2, 0) is 4.79 Å². The number of amides is 1. The van der Waals surface area contributed by atoms with Gasteiger partial charge in [0.2, 0.25) is 5.91 Å². The maximum atomic E-state index is 12.1. The molecule has 0 unspecified atom stereocenters. The third-order valence-electron chi connectivity index (χ3n) is 4.54. The fourth-order valence-corrected chi connectivity index (χ4v) is 3.17. The Morgan fingerprint density at radius 1 is 1.07 bits per heavy atom. The Bertz CT molecular complexity index is 894. The smallest absolute Gasteiger partial charge is 0.240 e. The minimum absolute atomic E-state index is 0.0222. The molecule has 2 aromatic carbocycles. The van der Waals surface area contributed by atoms with E-state index in [-0.39, 0.29) is 17.7 Å². The van der Waals surface area contributed by atoms with Crippen molar-refractivity contribution in [1.82, 2.24) is 5.01 Å². The van der Waals surface area contributed by atoms with E-state index in [1.165, 1.54) is 19.0 Å². The zero-order valence-corrected chi connectivity index (χ0v) is 15.7. The molecule has 1 atom stereocenters. The summed E-state index contributed by atoms with van der Waals surface area (Å²) in [6.07, 6.45) is 0.494. The van der Waals surface area contributed by atoms with Gasteiger partial charge < -0.3 is 19.3 Å². The van der Waals surface area contributed by atoms with Crippen LogP contribution in [0.5, 0.6) is 23.0 Å². The number of carbonyl (C=O) groups excluding carboxylic acids is 1. The fourth-order valence-electron chi connectivity index (χ4n) is 3.17. The quantitative estimate of drug-likeness (QED) is 0.875. The van der Waals surface area contributed by atoms with Crippen molar-refractivity contribution in [1.29, 1.82) is 0 Å². The first-order valence-corrected chi connectivity index (χ1v) is 8.45. The second-order valence-corrected chi connectivity index (χ2v) is 6.13. The van der Waals surface area contributed by atoms with Crippen molar-refractivity contribution in [3.63, 3.8) is 0 Å². The zero-order chi connectivity index (χ0) is 19.6. The molecule has 1 aliphatic rings. The van der Waals surface area contributed by atoms with Gasteiger partial charge in [-0.05, 0) is 29.8 Å². The molecular formula is C20H22N2O5. The second-order valence-electron chi connectivity index (χ2n) is 6.13. The molecular weight excluding hydrogens is 348 g/mol. The Labute approximate surface area is 157 Å². The minimum atomic E-state index is -0.318. The van der Waals surface area contributed by atoms with Crippen molar-refractivity contribution in [2.75, 3.05) is 21.3 Å². The lowest BCUT2D eigenvalue weighted by atomic mass is 9.97. The minimum Gasteiger partial charge on any atom is -0.504 e. The van der Waals surface area contributed by atoms with E-state index < -0.39 is 0 Å². The van der Waals surface area contributed by atoms with Crippen LogP contribution in [0.25, 0.3) is 0 Å². The van der Waals surface area contributed by atoms with Gasteiger partial charge in [-0.2, -0.15) is 5.10 Å². The van der Waals surface area contributed by atoms with E-state index in [0.717, 1.165) is 16.8 Å². The van der Waals surface area contributed by atoms with Crippen LogP contribution in [0.15, 0.2) is 41.5 Å². The number of hydrazone groups is 1. The molecule has 0 aromatic heterocycles. The zero-order valence-electron chi connectivity index (χ0n) is 15.7.